The summed E-state index contributed by atoms with van der Waals surface area (Å²) in [6.45, 7) is 1.63. The van der Waals surface area contributed by atoms with Gasteiger partial charge in [-0.2, -0.15) is 0 Å². The fourth-order valence-electron chi connectivity index (χ4n) is 1.80. The van der Waals surface area contributed by atoms with Crippen molar-refractivity contribution in [1.82, 2.24) is 5.32 Å². The van der Waals surface area contributed by atoms with Crippen LogP contribution >= 0.6 is 0 Å². The Bertz CT molecular complexity index is 597. The Labute approximate surface area is 121 Å². The van der Waals surface area contributed by atoms with Crippen molar-refractivity contribution in [2.45, 2.75) is 13.0 Å². The Morgan fingerprint density at radius 2 is 1.57 bits per heavy atom. The molecule has 110 valence electrons. The van der Waals surface area contributed by atoms with Crippen LogP contribution in [-0.2, 0) is 4.79 Å². The number of hydrogen-bond acceptors (Lipinski definition) is 2. The largest absolute Gasteiger partial charge is 0.484 e. The molecule has 0 aliphatic carbocycles. The number of halogens is 2. The molecule has 2 rings (SSSR count). The fourth-order valence-corrected chi connectivity index (χ4v) is 1.80. The first-order valence-electron chi connectivity index (χ1n) is 6.48. The van der Waals surface area contributed by atoms with E-state index in [-0.39, 0.29) is 30.2 Å². The quantitative estimate of drug-likeness (QED) is 0.918. The number of benzene rings is 2. The van der Waals surface area contributed by atoms with Crippen LogP contribution < -0.4 is 10.1 Å². The first-order chi connectivity index (χ1) is 10.0. The van der Waals surface area contributed by atoms with Gasteiger partial charge in [0.1, 0.15) is 17.4 Å². The summed E-state index contributed by atoms with van der Waals surface area (Å²) in [5.74, 6) is -0.578. The van der Waals surface area contributed by atoms with Crippen LogP contribution in [0.4, 0.5) is 8.78 Å². The third kappa shape index (κ3) is 4.56. The molecule has 1 N–H and O–H groups in total. The first-order valence-corrected chi connectivity index (χ1v) is 6.48. The number of nitrogens with one attached hydrogen (secondary N) is 1. The highest BCUT2D eigenvalue weighted by atomic mass is 19.1. The van der Waals surface area contributed by atoms with Gasteiger partial charge in [0.15, 0.2) is 6.61 Å². The van der Waals surface area contributed by atoms with Crippen LogP contribution in [0.3, 0.4) is 0 Å². The number of rotatable bonds is 5. The van der Waals surface area contributed by atoms with Gasteiger partial charge in [-0.25, -0.2) is 8.78 Å². The molecule has 0 saturated heterocycles. The zero-order chi connectivity index (χ0) is 15.2. The fraction of sp³-hybridized carbons (Fsp3) is 0.188. The highest BCUT2D eigenvalue weighted by Gasteiger charge is 2.10. The number of amides is 1. The molecular weight excluding hydrogens is 276 g/mol. The second-order valence-corrected chi connectivity index (χ2v) is 4.58. The lowest BCUT2D eigenvalue weighted by atomic mass is 10.1. The van der Waals surface area contributed by atoms with Gasteiger partial charge in [0.2, 0.25) is 0 Å². The first kappa shape index (κ1) is 15.0. The Hall–Kier alpha value is -2.43. The normalized spacial score (nSPS) is 11.8. The SMILES string of the molecule is C[C@@H](NC(=O)COc1ccc(F)cc1)c1ccc(F)cc1. The molecule has 0 saturated carbocycles. The predicted octanol–water partition coefficient (Wildman–Crippen LogP) is 3.22. The van der Waals surface area contributed by atoms with Crippen LogP contribution in [0.5, 0.6) is 5.75 Å². The van der Waals surface area contributed by atoms with Crippen LogP contribution in [0.1, 0.15) is 18.5 Å². The molecule has 0 heterocycles. The van der Waals surface area contributed by atoms with Crippen molar-refractivity contribution in [3.8, 4) is 5.75 Å². The van der Waals surface area contributed by atoms with Crippen molar-refractivity contribution in [3.63, 3.8) is 0 Å². The number of carbonyl (C=O) groups excluding carboxylic acids is 1. The van der Waals surface area contributed by atoms with E-state index in [1.165, 1.54) is 36.4 Å². The predicted molar refractivity (Wildman–Crippen MR) is 74.9 cm³/mol. The van der Waals surface area contributed by atoms with Gasteiger partial charge in [-0.05, 0) is 48.9 Å². The standard InChI is InChI=1S/C16H15F2NO2/c1-11(12-2-4-13(17)5-3-12)19-16(20)10-21-15-8-6-14(18)7-9-15/h2-9,11H,10H2,1H3,(H,19,20)/t11-/m1/s1. The minimum atomic E-state index is -0.364. The van der Waals surface area contributed by atoms with Crippen molar-refractivity contribution in [2.75, 3.05) is 6.61 Å². The summed E-state index contributed by atoms with van der Waals surface area (Å²) >= 11 is 0. The van der Waals surface area contributed by atoms with E-state index < -0.39 is 0 Å². The Kier molecular flexibility index (Phi) is 4.87. The molecule has 0 aromatic heterocycles. The maximum Gasteiger partial charge on any atom is 0.258 e. The van der Waals surface area contributed by atoms with Crippen LogP contribution in [0.15, 0.2) is 48.5 Å². The third-order valence-corrected chi connectivity index (χ3v) is 2.93. The van der Waals surface area contributed by atoms with E-state index in [2.05, 4.69) is 5.32 Å². The summed E-state index contributed by atoms with van der Waals surface area (Å²) < 4.78 is 30.8. The minimum absolute atomic E-state index is 0.169. The van der Waals surface area contributed by atoms with E-state index in [1.54, 1.807) is 19.1 Å². The zero-order valence-corrected chi connectivity index (χ0v) is 11.5. The van der Waals surface area contributed by atoms with Crippen LogP contribution in [0, 0.1) is 11.6 Å². The molecule has 0 fully saturated rings. The maximum atomic E-state index is 12.8. The van der Waals surface area contributed by atoms with Gasteiger partial charge in [-0.3, -0.25) is 4.79 Å². The molecule has 1 atom stereocenters. The molecule has 5 heteroatoms. The van der Waals surface area contributed by atoms with Crippen LogP contribution in [0.25, 0.3) is 0 Å². The van der Waals surface area contributed by atoms with Crippen LogP contribution in [0.2, 0.25) is 0 Å². The second kappa shape index (κ2) is 6.83. The van der Waals surface area contributed by atoms with Crippen molar-refractivity contribution in [1.29, 1.82) is 0 Å². The molecule has 0 spiro atoms. The van der Waals surface area contributed by atoms with Crippen molar-refractivity contribution < 1.29 is 18.3 Å². The molecule has 0 aliphatic rings. The summed E-state index contributed by atoms with van der Waals surface area (Å²) in [5.41, 5.74) is 0.798. The molecule has 0 bridgehead atoms. The van der Waals surface area contributed by atoms with E-state index in [4.69, 9.17) is 4.74 Å². The molecule has 0 radical (unpaired) electrons. The average molecular weight is 291 g/mol. The molecule has 0 aliphatic heterocycles. The van der Waals surface area contributed by atoms with Gasteiger partial charge in [0, 0.05) is 0 Å². The maximum absolute atomic E-state index is 12.8. The summed E-state index contributed by atoms with van der Waals surface area (Å²) in [5, 5.41) is 2.74. The molecule has 0 unspecified atom stereocenters. The van der Waals surface area contributed by atoms with Gasteiger partial charge >= 0.3 is 0 Å². The molecule has 2 aromatic rings. The smallest absolute Gasteiger partial charge is 0.258 e. The molecular formula is C16H15F2NO2. The lowest BCUT2D eigenvalue weighted by molar-refractivity contribution is -0.123. The highest BCUT2D eigenvalue weighted by Crippen LogP contribution is 2.13. The highest BCUT2D eigenvalue weighted by molar-refractivity contribution is 5.78. The average Bonchev–Trinajstić information content (AvgIpc) is 2.47. The van der Waals surface area contributed by atoms with Gasteiger partial charge in [-0.1, -0.05) is 12.1 Å². The summed E-state index contributed by atoms with van der Waals surface area (Å²) in [6.07, 6.45) is 0. The van der Waals surface area contributed by atoms with Gasteiger partial charge in [0.25, 0.3) is 5.91 Å². The second-order valence-electron chi connectivity index (χ2n) is 4.58. The number of hydrogen-bond donors (Lipinski definition) is 1. The zero-order valence-electron chi connectivity index (χ0n) is 11.5. The topological polar surface area (TPSA) is 38.3 Å². The molecule has 2 aromatic carbocycles. The third-order valence-electron chi connectivity index (χ3n) is 2.93. The molecule has 3 nitrogen and oxygen atoms in total. The van der Waals surface area contributed by atoms with E-state index in [1.807, 2.05) is 0 Å². The van der Waals surface area contributed by atoms with Gasteiger partial charge in [-0.15, -0.1) is 0 Å². The van der Waals surface area contributed by atoms with Gasteiger partial charge < -0.3 is 10.1 Å². The monoisotopic (exact) mass is 291 g/mol. The Balaban J connectivity index is 1.83. The van der Waals surface area contributed by atoms with E-state index >= 15 is 0 Å². The Morgan fingerprint density at radius 1 is 1.05 bits per heavy atom. The lowest BCUT2D eigenvalue weighted by Crippen LogP contribution is -2.31. The summed E-state index contributed by atoms with van der Waals surface area (Å²) in [6, 6.07) is 11.1. The van der Waals surface area contributed by atoms with E-state index in [0.717, 1.165) is 5.56 Å². The van der Waals surface area contributed by atoms with E-state index in [9.17, 15) is 13.6 Å². The van der Waals surface area contributed by atoms with Crippen molar-refractivity contribution >= 4 is 5.91 Å². The Morgan fingerprint density at radius 3 is 2.14 bits per heavy atom. The number of ether oxygens (including phenoxy) is 1. The van der Waals surface area contributed by atoms with Crippen molar-refractivity contribution in [2.24, 2.45) is 0 Å². The van der Waals surface area contributed by atoms with Crippen LogP contribution in [-0.4, -0.2) is 12.5 Å². The lowest BCUT2D eigenvalue weighted by Gasteiger charge is -2.14. The van der Waals surface area contributed by atoms with Gasteiger partial charge in [0.05, 0.1) is 6.04 Å². The minimum Gasteiger partial charge on any atom is -0.484 e. The molecule has 21 heavy (non-hydrogen) atoms. The number of carbonyl (C=O) groups is 1. The van der Waals surface area contributed by atoms with Crippen molar-refractivity contribution in [3.05, 3.63) is 65.7 Å². The van der Waals surface area contributed by atoms with E-state index in [0.29, 0.717) is 5.75 Å². The summed E-state index contributed by atoms with van der Waals surface area (Å²) in [7, 11) is 0. The molecule has 1 amide bonds. The summed E-state index contributed by atoms with van der Waals surface area (Å²) in [4.78, 5) is 11.7.